The summed E-state index contributed by atoms with van der Waals surface area (Å²) in [6, 6.07) is 0.280. The van der Waals surface area contributed by atoms with Gasteiger partial charge in [-0.2, -0.15) is 0 Å². The molecule has 1 amide bonds. The van der Waals surface area contributed by atoms with Crippen molar-refractivity contribution in [1.29, 1.82) is 0 Å². The molecule has 116 valence electrons. The van der Waals surface area contributed by atoms with Crippen LogP contribution in [0.3, 0.4) is 0 Å². The lowest BCUT2D eigenvalue weighted by Crippen LogP contribution is -2.53. The zero-order chi connectivity index (χ0) is 15.3. The lowest BCUT2D eigenvalue weighted by molar-refractivity contribution is -0.140. The molecule has 0 bridgehead atoms. The molecule has 1 aliphatic carbocycles. The highest BCUT2D eigenvalue weighted by molar-refractivity contribution is 6.06. The van der Waals surface area contributed by atoms with Crippen molar-refractivity contribution in [3.05, 3.63) is 0 Å². The molecular formula is C15H29N3O2. The number of carbonyl (C=O) groups is 1. The maximum absolute atomic E-state index is 12.9. The van der Waals surface area contributed by atoms with Crippen molar-refractivity contribution < 1.29 is 10.0 Å². The number of nitrogens with zero attached hydrogens (tertiary/aromatic N) is 2. The van der Waals surface area contributed by atoms with Crippen LogP contribution in [0, 0.1) is 11.3 Å². The summed E-state index contributed by atoms with van der Waals surface area (Å²) in [4.78, 5) is 14.7. The van der Waals surface area contributed by atoms with E-state index < -0.39 is 5.41 Å². The predicted molar refractivity (Wildman–Crippen MR) is 80.6 cm³/mol. The van der Waals surface area contributed by atoms with Crippen LogP contribution in [0.4, 0.5) is 0 Å². The maximum atomic E-state index is 12.9. The first-order valence-corrected chi connectivity index (χ1v) is 7.68. The summed E-state index contributed by atoms with van der Waals surface area (Å²) in [5.74, 6) is 0.766. The van der Waals surface area contributed by atoms with E-state index in [0.29, 0.717) is 12.8 Å². The van der Waals surface area contributed by atoms with Gasteiger partial charge in [0.05, 0.1) is 0 Å². The third-order valence-electron chi connectivity index (χ3n) is 5.07. The lowest BCUT2D eigenvalue weighted by Gasteiger charge is -2.39. The van der Waals surface area contributed by atoms with E-state index in [-0.39, 0.29) is 17.8 Å². The van der Waals surface area contributed by atoms with Crippen LogP contribution >= 0.6 is 0 Å². The van der Waals surface area contributed by atoms with Gasteiger partial charge in [-0.1, -0.05) is 25.9 Å². The van der Waals surface area contributed by atoms with Crippen LogP contribution in [0.25, 0.3) is 0 Å². The average molecular weight is 283 g/mol. The van der Waals surface area contributed by atoms with E-state index in [2.05, 4.69) is 12.1 Å². The Balaban J connectivity index is 2.90. The van der Waals surface area contributed by atoms with Crippen LogP contribution in [0.2, 0.25) is 0 Å². The molecule has 1 saturated carbocycles. The van der Waals surface area contributed by atoms with Crippen molar-refractivity contribution in [2.75, 3.05) is 7.05 Å². The first-order chi connectivity index (χ1) is 9.42. The fourth-order valence-electron chi connectivity index (χ4n) is 3.25. The molecule has 0 atom stereocenters. The number of carbonyl (C=O) groups excluding carboxylic acids is 1. The number of oxime groups is 1. The van der Waals surface area contributed by atoms with E-state index >= 15 is 0 Å². The summed E-state index contributed by atoms with van der Waals surface area (Å²) in [7, 11) is 1.85. The van der Waals surface area contributed by atoms with Gasteiger partial charge in [-0.05, 0) is 44.4 Å². The molecule has 0 aromatic rings. The van der Waals surface area contributed by atoms with Gasteiger partial charge in [-0.3, -0.25) is 4.79 Å². The van der Waals surface area contributed by atoms with Crippen LogP contribution in [0.5, 0.6) is 0 Å². The lowest BCUT2D eigenvalue weighted by atomic mass is 9.78. The van der Waals surface area contributed by atoms with Gasteiger partial charge in [-0.25, -0.2) is 0 Å². The second-order valence-electron chi connectivity index (χ2n) is 6.10. The Labute approximate surface area is 122 Å². The maximum Gasteiger partial charge on any atom is 0.236 e. The first-order valence-electron chi connectivity index (χ1n) is 7.68. The Morgan fingerprint density at radius 1 is 1.30 bits per heavy atom. The highest BCUT2D eigenvalue weighted by atomic mass is 16.4. The molecule has 0 heterocycles. The number of rotatable bonds is 5. The molecule has 1 aliphatic rings. The standard InChI is InChI=1S/C15H29N3O2/c1-5-15(6-2,13(16)17-20)14(19)18(4)12-9-7-11(3)8-10-12/h11-12,20H,5-10H2,1-4H3,(H2,16,17). The molecular weight excluding hydrogens is 254 g/mol. The van der Waals surface area contributed by atoms with Gasteiger partial charge in [0, 0.05) is 13.1 Å². The van der Waals surface area contributed by atoms with E-state index in [4.69, 9.17) is 10.9 Å². The van der Waals surface area contributed by atoms with Gasteiger partial charge in [0.2, 0.25) is 5.91 Å². The highest BCUT2D eigenvalue weighted by Gasteiger charge is 2.43. The first kappa shape index (κ1) is 16.8. The summed E-state index contributed by atoms with van der Waals surface area (Å²) in [5.41, 5.74) is 4.95. The summed E-state index contributed by atoms with van der Waals surface area (Å²) in [6.45, 7) is 6.09. The van der Waals surface area contributed by atoms with E-state index in [0.717, 1.165) is 31.6 Å². The Kier molecular flexibility index (Phi) is 5.84. The van der Waals surface area contributed by atoms with Gasteiger partial charge in [0.1, 0.15) is 5.41 Å². The SMILES string of the molecule is CCC(CC)(C(=O)N(C)C1CCC(C)CC1)C(N)=NO. The number of amides is 1. The fourth-order valence-corrected chi connectivity index (χ4v) is 3.25. The number of nitrogens with two attached hydrogens (primary N) is 1. The van der Waals surface area contributed by atoms with Crippen molar-refractivity contribution in [3.8, 4) is 0 Å². The second kappa shape index (κ2) is 6.95. The molecule has 0 aliphatic heterocycles. The fraction of sp³-hybridized carbons (Fsp3) is 0.867. The molecule has 0 spiro atoms. The van der Waals surface area contributed by atoms with Crippen molar-refractivity contribution in [3.63, 3.8) is 0 Å². The zero-order valence-electron chi connectivity index (χ0n) is 13.2. The third-order valence-corrected chi connectivity index (χ3v) is 5.07. The molecule has 0 aromatic carbocycles. The highest BCUT2D eigenvalue weighted by Crippen LogP contribution is 2.33. The van der Waals surface area contributed by atoms with Gasteiger partial charge in [-0.15, -0.1) is 0 Å². The monoisotopic (exact) mass is 283 g/mol. The van der Waals surface area contributed by atoms with Gasteiger partial charge < -0.3 is 15.8 Å². The molecule has 3 N–H and O–H groups in total. The minimum absolute atomic E-state index is 0.0163. The molecule has 1 rings (SSSR count). The van der Waals surface area contributed by atoms with Crippen molar-refractivity contribution >= 4 is 11.7 Å². The van der Waals surface area contributed by atoms with Crippen LogP contribution in [0.1, 0.15) is 59.3 Å². The Morgan fingerprint density at radius 3 is 2.20 bits per heavy atom. The molecule has 0 unspecified atom stereocenters. The molecule has 0 saturated heterocycles. The number of hydrogen-bond acceptors (Lipinski definition) is 3. The van der Waals surface area contributed by atoms with Crippen molar-refractivity contribution in [2.45, 2.75) is 65.3 Å². The van der Waals surface area contributed by atoms with E-state index in [1.807, 2.05) is 25.8 Å². The summed E-state index contributed by atoms with van der Waals surface area (Å²) in [6.07, 6.45) is 5.51. The van der Waals surface area contributed by atoms with Crippen LogP contribution in [-0.2, 0) is 4.79 Å². The van der Waals surface area contributed by atoms with Crippen LogP contribution in [-0.4, -0.2) is 34.9 Å². The summed E-state index contributed by atoms with van der Waals surface area (Å²) in [5, 5.41) is 12.1. The van der Waals surface area contributed by atoms with E-state index in [1.165, 1.54) is 0 Å². The topological polar surface area (TPSA) is 78.9 Å². The quantitative estimate of drug-likeness (QED) is 0.352. The van der Waals surface area contributed by atoms with Gasteiger partial charge in [0.25, 0.3) is 0 Å². The van der Waals surface area contributed by atoms with Crippen molar-refractivity contribution in [1.82, 2.24) is 4.90 Å². The summed E-state index contributed by atoms with van der Waals surface area (Å²) < 4.78 is 0. The molecule has 5 nitrogen and oxygen atoms in total. The Bertz CT molecular complexity index is 356. The smallest absolute Gasteiger partial charge is 0.236 e. The molecule has 20 heavy (non-hydrogen) atoms. The van der Waals surface area contributed by atoms with E-state index in [9.17, 15) is 4.79 Å². The minimum Gasteiger partial charge on any atom is -0.409 e. The third kappa shape index (κ3) is 3.07. The van der Waals surface area contributed by atoms with Gasteiger partial charge in [0.15, 0.2) is 5.84 Å². The molecule has 1 fully saturated rings. The molecule has 5 heteroatoms. The van der Waals surface area contributed by atoms with Crippen LogP contribution in [0.15, 0.2) is 5.16 Å². The largest absolute Gasteiger partial charge is 0.409 e. The van der Waals surface area contributed by atoms with Crippen LogP contribution < -0.4 is 5.73 Å². The Hall–Kier alpha value is -1.26. The molecule has 0 aromatic heterocycles. The molecule has 0 radical (unpaired) electrons. The van der Waals surface area contributed by atoms with Crippen molar-refractivity contribution in [2.24, 2.45) is 22.2 Å². The normalized spacial score (nSPS) is 24.5. The predicted octanol–water partition coefficient (Wildman–Crippen LogP) is 2.58. The Morgan fingerprint density at radius 2 is 1.80 bits per heavy atom. The second-order valence-corrected chi connectivity index (χ2v) is 6.10. The van der Waals surface area contributed by atoms with E-state index in [1.54, 1.807) is 0 Å². The number of hydrogen-bond donors (Lipinski definition) is 2. The average Bonchev–Trinajstić information content (AvgIpc) is 2.48. The zero-order valence-corrected chi connectivity index (χ0v) is 13.2. The number of amidine groups is 1. The van der Waals surface area contributed by atoms with Gasteiger partial charge >= 0.3 is 0 Å². The summed E-state index contributed by atoms with van der Waals surface area (Å²) >= 11 is 0. The minimum atomic E-state index is -0.868.